The predicted octanol–water partition coefficient (Wildman–Crippen LogP) is 3.26. The highest BCUT2D eigenvalue weighted by atomic mass is 19.4. The third-order valence-corrected chi connectivity index (χ3v) is 5.85. The van der Waals surface area contributed by atoms with E-state index in [2.05, 4.69) is 5.32 Å². The molecule has 4 amide bonds. The van der Waals surface area contributed by atoms with E-state index < -0.39 is 35.8 Å². The van der Waals surface area contributed by atoms with E-state index in [9.17, 15) is 27.6 Å². The average molecular weight is 411 g/mol. The number of nitrogens with zero attached hydrogens (tertiary/aromatic N) is 2. The molecule has 2 fully saturated rings. The molecule has 1 aliphatic carbocycles. The molecule has 1 unspecified atom stereocenters. The first-order valence-electron chi connectivity index (χ1n) is 9.61. The van der Waals surface area contributed by atoms with Crippen LogP contribution in [-0.2, 0) is 21.3 Å². The molecule has 6 nitrogen and oxygen atoms in total. The summed E-state index contributed by atoms with van der Waals surface area (Å²) in [5, 5.41) is 2.45. The summed E-state index contributed by atoms with van der Waals surface area (Å²) in [4.78, 5) is 40.3. The molecule has 9 heteroatoms. The third kappa shape index (κ3) is 4.09. The van der Waals surface area contributed by atoms with Crippen molar-refractivity contribution in [3.63, 3.8) is 0 Å². The van der Waals surface area contributed by atoms with Gasteiger partial charge in [0.25, 0.3) is 5.91 Å². The van der Waals surface area contributed by atoms with Gasteiger partial charge in [0.05, 0.1) is 5.56 Å². The van der Waals surface area contributed by atoms with E-state index in [1.807, 2.05) is 0 Å². The van der Waals surface area contributed by atoms with Gasteiger partial charge in [-0.05, 0) is 37.5 Å². The normalized spacial score (nSPS) is 23.3. The second-order valence-corrected chi connectivity index (χ2v) is 7.82. The van der Waals surface area contributed by atoms with Crippen molar-refractivity contribution in [3.05, 3.63) is 35.4 Å². The van der Waals surface area contributed by atoms with E-state index in [-0.39, 0.29) is 17.5 Å². The highest BCUT2D eigenvalue weighted by Gasteiger charge is 2.50. The zero-order chi connectivity index (χ0) is 21.4. The monoisotopic (exact) mass is 411 g/mol. The van der Waals surface area contributed by atoms with Gasteiger partial charge in [0.2, 0.25) is 5.91 Å². The summed E-state index contributed by atoms with van der Waals surface area (Å²) in [5.74, 6) is -1.11. The second kappa shape index (κ2) is 7.68. The standard InChI is InChI=1S/C20H24F3N3O3/c1-19(13-7-6-8-14(11-13)20(21,22)23)17(28)26(18(29)24-19)12-16(27)25(2)15-9-4-3-5-10-15/h6-8,11,15H,3-5,9-10,12H2,1-2H3,(H,24,29). The Kier molecular flexibility index (Phi) is 5.60. The summed E-state index contributed by atoms with van der Waals surface area (Å²) >= 11 is 0. The molecule has 1 heterocycles. The molecule has 1 saturated carbocycles. The molecule has 1 N–H and O–H groups in total. The number of likely N-dealkylation sites (N-methyl/N-ethyl adjacent to an activating group) is 1. The number of alkyl halides is 3. The van der Waals surface area contributed by atoms with E-state index >= 15 is 0 Å². The minimum atomic E-state index is -4.57. The lowest BCUT2D eigenvalue weighted by atomic mass is 9.90. The van der Waals surface area contributed by atoms with Crippen LogP contribution in [0.4, 0.5) is 18.0 Å². The number of carbonyl (C=O) groups is 3. The SMILES string of the molecule is CN(C(=O)CN1C(=O)NC(C)(c2cccc(C(F)(F)F)c2)C1=O)C1CCCCC1. The summed E-state index contributed by atoms with van der Waals surface area (Å²) < 4.78 is 39.1. The highest BCUT2D eigenvalue weighted by Crippen LogP contribution is 2.34. The van der Waals surface area contributed by atoms with Crippen molar-refractivity contribution in [1.82, 2.24) is 15.1 Å². The third-order valence-electron chi connectivity index (χ3n) is 5.85. The first kappa shape index (κ1) is 21.1. The number of hydrogen-bond donors (Lipinski definition) is 1. The van der Waals surface area contributed by atoms with Gasteiger partial charge in [0.1, 0.15) is 12.1 Å². The number of carbonyl (C=O) groups excluding carboxylic acids is 3. The van der Waals surface area contributed by atoms with Gasteiger partial charge < -0.3 is 10.2 Å². The molecule has 1 aromatic rings. The lowest BCUT2D eigenvalue weighted by Crippen LogP contribution is -2.46. The molecular formula is C20H24F3N3O3. The first-order valence-corrected chi connectivity index (χ1v) is 9.61. The van der Waals surface area contributed by atoms with Crippen molar-refractivity contribution in [3.8, 4) is 0 Å². The van der Waals surface area contributed by atoms with E-state index in [1.165, 1.54) is 19.1 Å². The molecular weight excluding hydrogens is 387 g/mol. The van der Waals surface area contributed by atoms with Gasteiger partial charge in [-0.3, -0.25) is 14.5 Å². The van der Waals surface area contributed by atoms with Crippen molar-refractivity contribution in [2.45, 2.75) is 56.8 Å². The van der Waals surface area contributed by atoms with E-state index in [0.29, 0.717) is 0 Å². The molecule has 3 rings (SSSR count). The zero-order valence-corrected chi connectivity index (χ0v) is 16.4. The van der Waals surface area contributed by atoms with Crippen LogP contribution in [-0.4, -0.2) is 47.3 Å². The van der Waals surface area contributed by atoms with Crippen LogP contribution in [0.3, 0.4) is 0 Å². The Morgan fingerprint density at radius 3 is 2.52 bits per heavy atom. The quantitative estimate of drug-likeness (QED) is 0.774. The first-order chi connectivity index (χ1) is 13.5. The predicted molar refractivity (Wildman–Crippen MR) is 98.7 cm³/mol. The molecule has 1 aromatic carbocycles. The summed E-state index contributed by atoms with van der Waals surface area (Å²) in [6.07, 6.45) is 0.365. The summed E-state index contributed by atoms with van der Waals surface area (Å²) in [5.41, 5.74) is -2.56. The molecule has 1 aliphatic heterocycles. The summed E-state index contributed by atoms with van der Waals surface area (Å²) in [6.45, 7) is 0.907. The van der Waals surface area contributed by atoms with Gasteiger partial charge in [-0.25, -0.2) is 4.79 Å². The molecule has 2 aliphatic rings. The lowest BCUT2D eigenvalue weighted by molar-refractivity contribution is -0.139. The van der Waals surface area contributed by atoms with Crippen molar-refractivity contribution < 1.29 is 27.6 Å². The zero-order valence-electron chi connectivity index (χ0n) is 16.4. The van der Waals surface area contributed by atoms with Gasteiger partial charge in [0, 0.05) is 13.1 Å². The Labute approximate surface area is 167 Å². The van der Waals surface area contributed by atoms with Crippen molar-refractivity contribution in [2.24, 2.45) is 0 Å². The van der Waals surface area contributed by atoms with Gasteiger partial charge in [0.15, 0.2) is 0 Å². The topological polar surface area (TPSA) is 69.7 Å². The number of imide groups is 1. The van der Waals surface area contributed by atoms with E-state index in [4.69, 9.17) is 0 Å². The number of rotatable bonds is 4. The Morgan fingerprint density at radius 1 is 1.24 bits per heavy atom. The van der Waals surface area contributed by atoms with Gasteiger partial charge in [-0.15, -0.1) is 0 Å². The highest BCUT2D eigenvalue weighted by molar-refractivity contribution is 6.09. The van der Waals surface area contributed by atoms with E-state index in [0.717, 1.165) is 49.1 Å². The van der Waals surface area contributed by atoms with Crippen LogP contribution < -0.4 is 5.32 Å². The Bertz CT molecular complexity index is 821. The molecule has 0 spiro atoms. The molecule has 0 bridgehead atoms. The number of benzene rings is 1. The number of urea groups is 1. The van der Waals surface area contributed by atoms with Gasteiger partial charge >= 0.3 is 12.2 Å². The van der Waals surface area contributed by atoms with Crippen molar-refractivity contribution >= 4 is 17.8 Å². The molecule has 1 saturated heterocycles. The Hall–Kier alpha value is -2.58. The Balaban J connectivity index is 1.77. The molecule has 29 heavy (non-hydrogen) atoms. The minimum Gasteiger partial charge on any atom is -0.341 e. The summed E-state index contributed by atoms with van der Waals surface area (Å²) in [6, 6.07) is 3.57. The number of hydrogen-bond acceptors (Lipinski definition) is 3. The van der Waals surface area contributed by atoms with Crippen LogP contribution in [0.2, 0.25) is 0 Å². The number of halogens is 3. The lowest BCUT2D eigenvalue weighted by Gasteiger charge is -2.32. The second-order valence-electron chi connectivity index (χ2n) is 7.82. The van der Waals surface area contributed by atoms with Crippen LogP contribution in [0.15, 0.2) is 24.3 Å². The maximum atomic E-state index is 13.0. The van der Waals surface area contributed by atoms with Crippen LogP contribution in [0.25, 0.3) is 0 Å². The van der Waals surface area contributed by atoms with Crippen LogP contribution in [0.5, 0.6) is 0 Å². The Morgan fingerprint density at radius 2 is 1.90 bits per heavy atom. The van der Waals surface area contributed by atoms with Gasteiger partial charge in [-0.2, -0.15) is 13.2 Å². The minimum absolute atomic E-state index is 0.0151. The largest absolute Gasteiger partial charge is 0.416 e. The molecule has 158 valence electrons. The van der Waals surface area contributed by atoms with Crippen LogP contribution in [0, 0.1) is 0 Å². The van der Waals surface area contributed by atoms with Crippen molar-refractivity contribution in [2.75, 3.05) is 13.6 Å². The molecule has 0 radical (unpaired) electrons. The summed E-state index contributed by atoms with van der Waals surface area (Å²) in [7, 11) is 1.66. The van der Waals surface area contributed by atoms with Crippen LogP contribution >= 0.6 is 0 Å². The average Bonchev–Trinajstić information content (AvgIpc) is 2.91. The number of amides is 4. The molecule has 1 atom stereocenters. The van der Waals surface area contributed by atoms with Gasteiger partial charge in [-0.1, -0.05) is 31.4 Å². The van der Waals surface area contributed by atoms with Crippen molar-refractivity contribution in [1.29, 1.82) is 0 Å². The molecule has 0 aromatic heterocycles. The fourth-order valence-corrected chi connectivity index (χ4v) is 3.96. The van der Waals surface area contributed by atoms with E-state index in [1.54, 1.807) is 11.9 Å². The number of nitrogens with one attached hydrogen (secondary N) is 1. The smallest absolute Gasteiger partial charge is 0.341 e. The maximum Gasteiger partial charge on any atom is 0.416 e. The fraction of sp³-hybridized carbons (Fsp3) is 0.550. The maximum absolute atomic E-state index is 13.0. The fourth-order valence-electron chi connectivity index (χ4n) is 3.96. The van der Waals surface area contributed by atoms with Crippen LogP contribution in [0.1, 0.15) is 50.2 Å².